The predicted molar refractivity (Wildman–Crippen MR) is 81.6 cm³/mol. The molecule has 0 aromatic heterocycles. The quantitative estimate of drug-likeness (QED) is 0.815. The average molecular weight is 323 g/mol. The van der Waals surface area contributed by atoms with E-state index in [1.165, 1.54) is 14.2 Å². The van der Waals surface area contributed by atoms with E-state index >= 15 is 0 Å². The van der Waals surface area contributed by atoms with Crippen LogP contribution in [0.3, 0.4) is 0 Å². The van der Waals surface area contributed by atoms with Gasteiger partial charge in [0.25, 0.3) is 0 Å². The molecule has 0 spiro atoms. The van der Waals surface area contributed by atoms with Crippen molar-refractivity contribution in [3.8, 4) is 11.5 Å². The smallest absolute Gasteiger partial charge is 0.309 e. The molecule has 0 radical (unpaired) electrons. The molecule has 1 N–H and O–H groups in total. The molecule has 2 atom stereocenters. The Morgan fingerprint density at radius 1 is 1.26 bits per heavy atom. The second-order valence-electron chi connectivity index (χ2n) is 5.29. The van der Waals surface area contributed by atoms with E-state index in [1.807, 2.05) is 0 Å². The van der Waals surface area contributed by atoms with Gasteiger partial charge in [0.15, 0.2) is 11.5 Å². The third kappa shape index (κ3) is 3.39. The minimum absolute atomic E-state index is 0.0158. The van der Waals surface area contributed by atoms with Crippen LogP contribution in [0.2, 0.25) is 0 Å². The first-order valence-electron chi connectivity index (χ1n) is 7.26. The van der Waals surface area contributed by atoms with Crippen LogP contribution in [0.4, 0.5) is 0 Å². The molecule has 1 aromatic rings. The summed E-state index contributed by atoms with van der Waals surface area (Å²) >= 11 is 0. The molecule has 1 saturated heterocycles. The molecule has 1 amide bonds. The number of ether oxygens (including phenoxy) is 3. The van der Waals surface area contributed by atoms with Crippen molar-refractivity contribution in [1.82, 2.24) is 4.90 Å². The summed E-state index contributed by atoms with van der Waals surface area (Å²) in [6, 6.07) is 4.65. The summed E-state index contributed by atoms with van der Waals surface area (Å²) in [6.45, 7) is 0.694. The molecule has 7 nitrogen and oxygen atoms in total. The van der Waals surface area contributed by atoms with E-state index in [2.05, 4.69) is 0 Å². The lowest BCUT2D eigenvalue weighted by Gasteiger charge is -2.27. The molecular formula is C16H21NO6. The maximum Gasteiger partial charge on any atom is 0.309 e. The van der Waals surface area contributed by atoms with Crippen molar-refractivity contribution in [2.75, 3.05) is 34.5 Å². The van der Waals surface area contributed by atoms with Gasteiger partial charge in [-0.05, 0) is 17.7 Å². The molecule has 0 saturated carbocycles. The fraction of sp³-hybridized carbons (Fsp3) is 0.500. The SMILES string of the molecule is COCCN1C(=O)C[C@H](C(=O)O)[C@H]1c1ccc(OC)c(OC)c1. The van der Waals surface area contributed by atoms with E-state index in [1.54, 1.807) is 30.2 Å². The summed E-state index contributed by atoms with van der Waals surface area (Å²) in [5, 5.41) is 9.47. The maximum atomic E-state index is 12.2. The van der Waals surface area contributed by atoms with Crippen LogP contribution >= 0.6 is 0 Å². The summed E-state index contributed by atoms with van der Waals surface area (Å²) in [4.78, 5) is 25.3. The minimum Gasteiger partial charge on any atom is -0.493 e. The first kappa shape index (κ1) is 17.1. The number of hydrogen-bond acceptors (Lipinski definition) is 5. The Kier molecular flexibility index (Phi) is 5.44. The third-order valence-corrected chi connectivity index (χ3v) is 4.03. The zero-order valence-corrected chi connectivity index (χ0v) is 13.4. The van der Waals surface area contributed by atoms with Crippen molar-refractivity contribution >= 4 is 11.9 Å². The largest absolute Gasteiger partial charge is 0.493 e. The highest BCUT2D eigenvalue weighted by molar-refractivity contribution is 5.87. The molecule has 7 heteroatoms. The van der Waals surface area contributed by atoms with E-state index in [4.69, 9.17) is 14.2 Å². The molecule has 1 aliphatic rings. The van der Waals surface area contributed by atoms with Crippen LogP contribution in [0.5, 0.6) is 11.5 Å². The Balaban J connectivity index is 2.41. The molecule has 23 heavy (non-hydrogen) atoms. The van der Waals surface area contributed by atoms with Crippen LogP contribution < -0.4 is 9.47 Å². The van der Waals surface area contributed by atoms with Crippen LogP contribution in [0.1, 0.15) is 18.0 Å². The molecule has 0 bridgehead atoms. The lowest BCUT2D eigenvalue weighted by molar-refractivity contribution is -0.142. The van der Waals surface area contributed by atoms with Crippen molar-refractivity contribution in [3.63, 3.8) is 0 Å². The van der Waals surface area contributed by atoms with E-state index in [0.29, 0.717) is 30.2 Å². The number of hydrogen-bond donors (Lipinski definition) is 1. The zero-order chi connectivity index (χ0) is 17.0. The number of aliphatic carboxylic acids is 1. The first-order chi connectivity index (χ1) is 11.0. The van der Waals surface area contributed by atoms with Gasteiger partial charge in [-0.15, -0.1) is 0 Å². The van der Waals surface area contributed by atoms with Gasteiger partial charge in [0.05, 0.1) is 32.8 Å². The van der Waals surface area contributed by atoms with Crippen molar-refractivity contribution in [1.29, 1.82) is 0 Å². The van der Waals surface area contributed by atoms with Crippen molar-refractivity contribution in [2.45, 2.75) is 12.5 Å². The van der Waals surface area contributed by atoms with Crippen molar-refractivity contribution in [2.24, 2.45) is 5.92 Å². The average Bonchev–Trinajstić information content (AvgIpc) is 2.89. The van der Waals surface area contributed by atoms with Crippen molar-refractivity contribution < 1.29 is 28.9 Å². The highest BCUT2D eigenvalue weighted by Crippen LogP contribution is 2.41. The highest BCUT2D eigenvalue weighted by Gasteiger charge is 2.44. The Bertz CT molecular complexity index is 588. The van der Waals surface area contributed by atoms with Crippen LogP contribution in [-0.2, 0) is 14.3 Å². The maximum absolute atomic E-state index is 12.2. The molecular weight excluding hydrogens is 302 g/mol. The van der Waals surface area contributed by atoms with Gasteiger partial charge in [0.2, 0.25) is 5.91 Å². The van der Waals surface area contributed by atoms with Crippen LogP contribution in [0, 0.1) is 5.92 Å². The molecule has 2 rings (SSSR count). The molecule has 1 aliphatic heterocycles. The molecule has 0 unspecified atom stereocenters. The molecule has 126 valence electrons. The van der Waals surface area contributed by atoms with Gasteiger partial charge in [-0.3, -0.25) is 9.59 Å². The Morgan fingerprint density at radius 2 is 1.96 bits per heavy atom. The number of amides is 1. The molecule has 1 aromatic carbocycles. The van der Waals surface area contributed by atoms with Gasteiger partial charge >= 0.3 is 5.97 Å². The molecule has 1 heterocycles. The van der Waals surface area contributed by atoms with Gasteiger partial charge in [-0.25, -0.2) is 0 Å². The Labute approximate surface area is 134 Å². The standard InChI is InChI=1S/C16H21NO6/c1-21-7-6-17-14(18)9-11(16(19)20)15(17)10-4-5-12(22-2)13(8-10)23-3/h4-5,8,11,15H,6-7,9H2,1-3H3,(H,19,20)/t11-,15+/m0/s1. The number of methoxy groups -OCH3 is 3. The van der Waals surface area contributed by atoms with E-state index in [0.717, 1.165) is 0 Å². The summed E-state index contributed by atoms with van der Waals surface area (Å²) < 4.78 is 15.5. The topological polar surface area (TPSA) is 85.3 Å². The number of carboxylic acid groups (broad SMARTS) is 1. The number of benzene rings is 1. The number of carbonyl (C=O) groups excluding carboxylic acids is 1. The lowest BCUT2D eigenvalue weighted by Crippen LogP contribution is -2.33. The van der Waals surface area contributed by atoms with E-state index in [-0.39, 0.29) is 12.3 Å². The van der Waals surface area contributed by atoms with Crippen LogP contribution in [0.15, 0.2) is 18.2 Å². The van der Waals surface area contributed by atoms with Gasteiger partial charge < -0.3 is 24.2 Å². The number of carbonyl (C=O) groups is 2. The summed E-state index contributed by atoms with van der Waals surface area (Å²) in [5.74, 6) is -0.916. The third-order valence-electron chi connectivity index (χ3n) is 4.03. The second-order valence-corrected chi connectivity index (χ2v) is 5.29. The van der Waals surface area contributed by atoms with Gasteiger partial charge in [0.1, 0.15) is 0 Å². The van der Waals surface area contributed by atoms with E-state index in [9.17, 15) is 14.7 Å². The van der Waals surface area contributed by atoms with Gasteiger partial charge in [-0.1, -0.05) is 6.07 Å². The van der Waals surface area contributed by atoms with Gasteiger partial charge in [-0.2, -0.15) is 0 Å². The molecule has 1 fully saturated rings. The summed E-state index contributed by atoms with van der Waals surface area (Å²) in [7, 11) is 4.58. The van der Waals surface area contributed by atoms with E-state index < -0.39 is 17.9 Å². The highest BCUT2D eigenvalue weighted by atomic mass is 16.5. The van der Waals surface area contributed by atoms with Crippen LogP contribution in [-0.4, -0.2) is 56.4 Å². The number of rotatable bonds is 7. The van der Waals surface area contributed by atoms with Crippen LogP contribution in [0.25, 0.3) is 0 Å². The number of likely N-dealkylation sites (tertiary alicyclic amines) is 1. The number of carboxylic acids is 1. The summed E-state index contributed by atoms with van der Waals surface area (Å²) in [5.41, 5.74) is 0.706. The molecule has 0 aliphatic carbocycles. The Morgan fingerprint density at radius 3 is 2.52 bits per heavy atom. The normalized spacial score (nSPS) is 20.7. The van der Waals surface area contributed by atoms with Gasteiger partial charge in [0, 0.05) is 20.1 Å². The second kappa shape index (κ2) is 7.32. The fourth-order valence-electron chi connectivity index (χ4n) is 2.91. The summed E-state index contributed by atoms with van der Waals surface area (Å²) in [6.07, 6.45) is -0.0158. The van der Waals surface area contributed by atoms with Crippen molar-refractivity contribution in [3.05, 3.63) is 23.8 Å². The Hall–Kier alpha value is -2.28. The monoisotopic (exact) mass is 323 g/mol. The zero-order valence-electron chi connectivity index (χ0n) is 13.4. The first-order valence-corrected chi connectivity index (χ1v) is 7.26. The lowest BCUT2D eigenvalue weighted by atomic mass is 9.93. The predicted octanol–water partition coefficient (Wildman–Crippen LogP) is 1.32. The fourth-order valence-corrected chi connectivity index (χ4v) is 2.91. The number of nitrogens with zero attached hydrogens (tertiary/aromatic N) is 1. The minimum atomic E-state index is -0.988.